The highest BCUT2D eigenvalue weighted by Gasteiger charge is 2.13. The second kappa shape index (κ2) is 8.37. The fraction of sp³-hybridized carbons (Fsp3) is 0.158. The zero-order chi connectivity index (χ0) is 19.4. The number of hydrogen-bond donors (Lipinski definition) is 1. The number of anilines is 1. The van der Waals surface area contributed by atoms with Gasteiger partial charge in [0.2, 0.25) is 5.91 Å². The lowest BCUT2D eigenvalue weighted by molar-refractivity contribution is -0.113. The maximum absolute atomic E-state index is 12.7. The van der Waals surface area contributed by atoms with Gasteiger partial charge in [-0.25, -0.2) is 4.98 Å². The Morgan fingerprint density at radius 1 is 1.33 bits per heavy atom. The lowest BCUT2D eigenvalue weighted by atomic mass is 10.2. The lowest BCUT2D eigenvalue weighted by Crippen LogP contribution is -2.23. The molecule has 8 heteroatoms. The molecule has 0 unspecified atom stereocenters. The number of carbonyl (C=O) groups excluding carboxylic acids is 1. The van der Waals surface area contributed by atoms with E-state index in [2.05, 4.69) is 26.2 Å². The summed E-state index contributed by atoms with van der Waals surface area (Å²) >= 11 is 4.56. The summed E-state index contributed by atoms with van der Waals surface area (Å²) in [5, 5.41) is 12.8. The smallest absolute Gasteiger partial charge is 0.262 e. The van der Waals surface area contributed by atoms with Crippen LogP contribution in [0.15, 0.2) is 56.9 Å². The minimum atomic E-state index is -0.268. The molecule has 6 nitrogen and oxygen atoms in total. The van der Waals surface area contributed by atoms with E-state index in [9.17, 15) is 9.59 Å². The van der Waals surface area contributed by atoms with Crippen LogP contribution in [-0.2, 0) is 11.3 Å². The highest BCUT2D eigenvalue weighted by molar-refractivity contribution is 9.10. The van der Waals surface area contributed by atoms with Crippen molar-refractivity contribution >= 4 is 50.2 Å². The molecule has 0 aliphatic carbocycles. The molecule has 1 amide bonds. The summed E-state index contributed by atoms with van der Waals surface area (Å²) in [6.07, 6.45) is 0. The van der Waals surface area contributed by atoms with Gasteiger partial charge >= 0.3 is 0 Å². The summed E-state index contributed by atoms with van der Waals surface area (Å²) in [7, 11) is 0. The van der Waals surface area contributed by atoms with Gasteiger partial charge in [0, 0.05) is 11.0 Å². The maximum Gasteiger partial charge on any atom is 0.262 e. The number of benzene rings is 2. The second-order valence-corrected chi connectivity index (χ2v) is 7.46. The van der Waals surface area contributed by atoms with E-state index in [1.807, 2.05) is 19.1 Å². The molecule has 0 spiro atoms. The third kappa shape index (κ3) is 4.21. The normalized spacial score (nSPS) is 10.6. The van der Waals surface area contributed by atoms with Gasteiger partial charge in [-0.2, -0.15) is 5.26 Å². The van der Waals surface area contributed by atoms with Crippen molar-refractivity contribution in [2.45, 2.75) is 18.6 Å². The highest BCUT2D eigenvalue weighted by atomic mass is 79.9. The molecule has 0 atom stereocenters. The van der Waals surface area contributed by atoms with Gasteiger partial charge in [-0.15, -0.1) is 0 Å². The van der Waals surface area contributed by atoms with E-state index in [1.54, 1.807) is 41.0 Å². The van der Waals surface area contributed by atoms with Gasteiger partial charge in [0.15, 0.2) is 5.16 Å². The van der Waals surface area contributed by atoms with Gasteiger partial charge in [0.1, 0.15) is 6.07 Å². The quantitative estimate of drug-likeness (QED) is 0.479. The Morgan fingerprint density at radius 3 is 2.85 bits per heavy atom. The SMILES string of the molecule is CCn1c(SCC(=O)Nc2ccccc2C#N)nc2ccc(Br)cc2c1=O. The average Bonchev–Trinajstić information content (AvgIpc) is 2.67. The number of thioether (sulfide) groups is 1. The highest BCUT2D eigenvalue weighted by Crippen LogP contribution is 2.21. The van der Waals surface area contributed by atoms with Gasteiger partial charge < -0.3 is 5.32 Å². The molecule has 1 heterocycles. The van der Waals surface area contributed by atoms with Crippen molar-refractivity contribution in [3.05, 3.63) is 62.9 Å². The second-order valence-electron chi connectivity index (χ2n) is 5.60. The van der Waals surface area contributed by atoms with E-state index >= 15 is 0 Å². The number of carbonyl (C=O) groups is 1. The van der Waals surface area contributed by atoms with Crippen LogP contribution in [0.1, 0.15) is 12.5 Å². The molecule has 0 saturated carbocycles. The van der Waals surface area contributed by atoms with Crippen LogP contribution in [0.4, 0.5) is 5.69 Å². The molecule has 0 fully saturated rings. The Labute approximate surface area is 168 Å². The number of amides is 1. The van der Waals surface area contributed by atoms with E-state index in [0.717, 1.165) is 4.47 Å². The predicted molar refractivity (Wildman–Crippen MR) is 110 cm³/mol. The molecule has 27 heavy (non-hydrogen) atoms. The Balaban J connectivity index is 1.82. The molecule has 1 aromatic heterocycles. The molecule has 1 N–H and O–H groups in total. The largest absolute Gasteiger partial charge is 0.324 e. The Kier molecular flexibility index (Phi) is 5.94. The van der Waals surface area contributed by atoms with Crippen molar-refractivity contribution in [3.8, 4) is 6.07 Å². The fourth-order valence-electron chi connectivity index (χ4n) is 2.57. The maximum atomic E-state index is 12.7. The molecular formula is C19H15BrN4O2S. The number of nitrogens with zero attached hydrogens (tertiary/aromatic N) is 3. The third-order valence-electron chi connectivity index (χ3n) is 3.85. The Morgan fingerprint density at radius 2 is 2.11 bits per heavy atom. The number of nitrogens with one attached hydrogen (secondary N) is 1. The van der Waals surface area contributed by atoms with Crippen molar-refractivity contribution in [1.82, 2.24) is 9.55 Å². The third-order valence-corrected chi connectivity index (χ3v) is 5.32. The van der Waals surface area contributed by atoms with E-state index in [1.165, 1.54) is 11.8 Å². The van der Waals surface area contributed by atoms with E-state index in [4.69, 9.17) is 5.26 Å². The first kappa shape index (κ1) is 19.1. The summed E-state index contributed by atoms with van der Waals surface area (Å²) in [6.45, 7) is 2.32. The van der Waals surface area contributed by atoms with Crippen LogP contribution in [-0.4, -0.2) is 21.2 Å². The molecule has 0 bridgehead atoms. The molecular weight excluding hydrogens is 428 g/mol. The summed E-state index contributed by atoms with van der Waals surface area (Å²) in [5.41, 5.74) is 1.32. The molecule has 0 saturated heterocycles. The van der Waals surface area contributed by atoms with Gasteiger partial charge in [0.25, 0.3) is 5.56 Å². The van der Waals surface area contributed by atoms with Crippen molar-refractivity contribution in [2.24, 2.45) is 0 Å². The zero-order valence-electron chi connectivity index (χ0n) is 14.4. The number of para-hydroxylation sites is 1. The van der Waals surface area contributed by atoms with E-state index in [0.29, 0.717) is 33.9 Å². The summed E-state index contributed by atoms with van der Waals surface area (Å²) in [6, 6.07) is 14.2. The zero-order valence-corrected chi connectivity index (χ0v) is 16.8. The van der Waals surface area contributed by atoms with Crippen LogP contribution in [0.5, 0.6) is 0 Å². The van der Waals surface area contributed by atoms with Crippen LogP contribution in [0, 0.1) is 11.3 Å². The molecule has 0 aliphatic rings. The minimum Gasteiger partial charge on any atom is -0.324 e. The van der Waals surface area contributed by atoms with Crippen LogP contribution < -0.4 is 10.9 Å². The average molecular weight is 443 g/mol. The van der Waals surface area contributed by atoms with Crippen molar-refractivity contribution in [2.75, 3.05) is 11.1 Å². The number of hydrogen-bond acceptors (Lipinski definition) is 5. The monoisotopic (exact) mass is 442 g/mol. The van der Waals surface area contributed by atoms with Crippen molar-refractivity contribution < 1.29 is 4.79 Å². The van der Waals surface area contributed by atoms with Crippen molar-refractivity contribution in [1.29, 1.82) is 5.26 Å². The predicted octanol–water partition coefficient (Wildman–Crippen LogP) is 3.78. The molecule has 3 rings (SSSR count). The molecule has 0 radical (unpaired) electrons. The fourth-order valence-corrected chi connectivity index (χ4v) is 3.79. The molecule has 136 valence electrons. The van der Waals surface area contributed by atoms with Crippen molar-refractivity contribution in [3.63, 3.8) is 0 Å². The first-order valence-electron chi connectivity index (χ1n) is 8.15. The molecule has 3 aromatic rings. The van der Waals surface area contributed by atoms with Crippen LogP contribution in [0.2, 0.25) is 0 Å². The Bertz CT molecular complexity index is 1120. The first-order valence-corrected chi connectivity index (χ1v) is 9.93. The van der Waals surface area contributed by atoms with Crippen LogP contribution >= 0.6 is 27.7 Å². The summed E-state index contributed by atoms with van der Waals surface area (Å²) in [5.74, 6) is -0.190. The van der Waals surface area contributed by atoms with Gasteiger partial charge in [-0.05, 0) is 37.3 Å². The molecule has 2 aromatic carbocycles. The summed E-state index contributed by atoms with van der Waals surface area (Å²) in [4.78, 5) is 29.5. The van der Waals surface area contributed by atoms with Gasteiger partial charge in [0.05, 0.1) is 27.9 Å². The first-order chi connectivity index (χ1) is 13.0. The standard InChI is InChI=1S/C19H15BrN4O2S/c1-2-24-18(26)14-9-13(20)7-8-16(14)23-19(24)27-11-17(25)22-15-6-4-3-5-12(15)10-21/h3-9H,2,11H2,1H3,(H,22,25). The van der Waals surface area contributed by atoms with E-state index in [-0.39, 0.29) is 17.2 Å². The number of fused-ring (bicyclic) bond motifs is 1. The minimum absolute atomic E-state index is 0.0776. The number of rotatable bonds is 5. The summed E-state index contributed by atoms with van der Waals surface area (Å²) < 4.78 is 2.36. The van der Waals surface area contributed by atoms with Crippen LogP contribution in [0.25, 0.3) is 10.9 Å². The van der Waals surface area contributed by atoms with Gasteiger partial charge in [-0.3, -0.25) is 14.2 Å². The number of nitriles is 1. The van der Waals surface area contributed by atoms with Crippen LogP contribution in [0.3, 0.4) is 0 Å². The number of aromatic nitrogens is 2. The molecule has 0 aliphatic heterocycles. The Hall–Kier alpha value is -2.63. The number of halogens is 1. The van der Waals surface area contributed by atoms with E-state index < -0.39 is 0 Å². The topological polar surface area (TPSA) is 87.8 Å². The van der Waals surface area contributed by atoms with Gasteiger partial charge in [-0.1, -0.05) is 39.8 Å². The lowest BCUT2D eigenvalue weighted by Gasteiger charge is -2.11.